The van der Waals surface area contributed by atoms with Crippen LogP contribution in [0.5, 0.6) is 11.5 Å². The molecule has 0 radical (unpaired) electrons. The van der Waals surface area contributed by atoms with Gasteiger partial charge in [-0.1, -0.05) is 13.8 Å². The monoisotopic (exact) mass is 334 g/mol. The summed E-state index contributed by atoms with van der Waals surface area (Å²) in [5.41, 5.74) is 0.658. The maximum Gasteiger partial charge on any atom is 0.253 e. The van der Waals surface area contributed by atoms with Gasteiger partial charge in [0.05, 0.1) is 13.2 Å². The van der Waals surface area contributed by atoms with Crippen molar-refractivity contribution in [2.45, 2.75) is 45.6 Å². The van der Waals surface area contributed by atoms with Crippen LogP contribution in [0.4, 0.5) is 0 Å². The predicted molar refractivity (Wildman–Crippen MR) is 96.0 cm³/mol. The number of piperidine rings is 1. The first-order valence-corrected chi connectivity index (χ1v) is 9.04. The van der Waals surface area contributed by atoms with E-state index in [-0.39, 0.29) is 5.91 Å². The molecule has 0 atom stereocenters. The Morgan fingerprint density at radius 2 is 1.75 bits per heavy atom. The summed E-state index contributed by atoms with van der Waals surface area (Å²) in [5, 5.41) is 3.33. The zero-order chi connectivity index (χ0) is 17.4. The number of carbonyl (C=O) groups excluding carboxylic acids is 1. The van der Waals surface area contributed by atoms with Crippen molar-refractivity contribution in [1.29, 1.82) is 0 Å². The van der Waals surface area contributed by atoms with Gasteiger partial charge in [0.2, 0.25) is 0 Å². The molecule has 24 heavy (non-hydrogen) atoms. The lowest BCUT2D eigenvalue weighted by Crippen LogP contribution is -2.43. The van der Waals surface area contributed by atoms with Crippen molar-refractivity contribution in [3.63, 3.8) is 0 Å². The SMILES string of the molecule is CCCOc1ccc(C(=O)N(C)C2CCNCC2)cc1OCCC. The van der Waals surface area contributed by atoms with Crippen LogP contribution in [0.25, 0.3) is 0 Å². The number of hydrogen-bond acceptors (Lipinski definition) is 4. The minimum absolute atomic E-state index is 0.0466. The van der Waals surface area contributed by atoms with E-state index in [2.05, 4.69) is 19.2 Å². The molecule has 0 bridgehead atoms. The summed E-state index contributed by atoms with van der Waals surface area (Å²) in [6.07, 6.45) is 3.85. The molecular weight excluding hydrogens is 304 g/mol. The number of benzene rings is 1. The van der Waals surface area contributed by atoms with Crippen molar-refractivity contribution < 1.29 is 14.3 Å². The molecule has 5 heteroatoms. The van der Waals surface area contributed by atoms with Gasteiger partial charge in [-0.25, -0.2) is 0 Å². The summed E-state index contributed by atoms with van der Waals surface area (Å²) < 4.78 is 11.5. The van der Waals surface area contributed by atoms with E-state index in [1.54, 1.807) is 0 Å². The van der Waals surface area contributed by atoms with Crippen molar-refractivity contribution >= 4 is 5.91 Å². The van der Waals surface area contributed by atoms with Gasteiger partial charge in [-0.2, -0.15) is 0 Å². The number of nitrogens with zero attached hydrogens (tertiary/aromatic N) is 1. The highest BCUT2D eigenvalue weighted by molar-refractivity contribution is 5.95. The molecule has 1 fully saturated rings. The Bertz CT molecular complexity index is 527. The summed E-state index contributed by atoms with van der Waals surface area (Å²) in [7, 11) is 1.90. The number of ether oxygens (including phenoxy) is 2. The van der Waals surface area contributed by atoms with E-state index in [1.807, 2.05) is 30.1 Å². The van der Waals surface area contributed by atoms with E-state index < -0.39 is 0 Å². The highest BCUT2D eigenvalue weighted by atomic mass is 16.5. The van der Waals surface area contributed by atoms with E-state index >= 15 is 0 Å². The van der Waals surface area contributed by atoms with Crippen LogP contribution in [-0.4, -0.2) is 50.2 Å². The number of hydrogen-bond donors (Lipinski definition) is 1. The average molecular weight is 334 g/mol. The molecule has 0 aromatic heterocycles. The summed E-state index contributed by atoms with van der Waals surface area (Å²) in [5.74, 6) is 1.42. The lowest BCUT2D eigenvalue weighted by molar-refractivity contribution is 0.0702. The fraction of sp³-hybridized carbons (Fsp3) is 0.632. The van der Waals surface area contributed by atoms with Crippen LogP contribution in [0.15, 0.2) is 18.2 Å². The van der Waals surface area contributed by atoms with E-state index in [9.17, 15) is 4.79 Å². The number of amides is 1. The van der Waals surface area contributed by atoms with Gasteiger partial charge in [-0.15, -0.1) is 0 Å². The Morgan fingerprint density at radius 3 is 2.38 bits per heavy atom. The van der Waals surface area contributed by atoms with Gasteiger partial charge in [0, 0.05) is 18.7 Å². The molecule has 1 saturated heterocycles. The van der Waals surface area contributed by atoms with Crippen LogP contribution in [0, 0.1) is 0 Å². The van der Waals surface area contributed by atoms with Crippen LogP contribution >= 0.6 is 0 Å². The fourth-order valence-electron chi connectivity index (χ4n) is 2.86. The van der Waals surface area contributed by atoms with Crippen molar-refractivity contribution in [2.24, 2.45) is 0 Å². The number of nitrogens with one attached hydrogen (secondary N) is 1. The van der Waals surface area contributed by atoms with Crippen LogP contribution in [0.2, 0.25) is 0 Å². The molecule has 2 rings (SSSR count). The van der Waals surface area contributed by atoms with E-state index in [0.29, 0.717) is 36.3 Å². The zero-order valence-electron chi connectivity index (χ0n) is 15.1. The van der Waals surface area contributed by atoms with Crippen molar-refractivity contribution in [2.75, 3.05) is 33.4 Å². The molecule has 0 aliphatic carbocycles. The minimum atomic E-state index is 0.0466. The van der Waals surface area contributed by atoms with E-state index in [1.165, 1.54) is 0 Å². The summed E-state index contributed by atoms with van der Waals surface area (Å²) in [6, 6.07) is 5.81. The Labute approximate surface area is 145 Å². The summed E-state index contributed by atoms with van der Waals surface area (Å²) in [6.45, 7) is 7.33. The molecule has 0 saturated carbocycles. The molecule has 0 spiro atoms. The zero-order valence-corrected chi connectivity index (χ0v) is 15.1. The molecule has 1 heterocycles. The number of rotatable bonds is 8. The minimum Gasteiger partial charge on any atom is -0.490 e. The standard InChI is InChI=1S/C19H30N2O3/c1-4-12-23-17-7-6-15(14-18(17)24-13-5-2)19(22)21(3)16-8-10-20-11-9-16/h6-7,14,16,20H,4-5,8-13H2,1-3H3. The van der Waals surface area contributed by atoms with Gasteiger partial charge in [0.15, 0.2) is 11.5 Å². The molecule has 1 N–H and O–H groups in total. The van der Waals surface area contributed by atoms with Gasteiger partial charge in [0.1, 0.15) is 0 Å². The molecule has 0 unspecified atom stereocenters. The Hall–Kier alpha value is -1.75. The lowest BCUT2D eigenvalue weighted by Gasteiger charge is -2.31. The predicted octanol–water partition coefficient (Wildman–Crippen LogP) is 3.09. The second-order valence-electron chi connectivity index (χ2n) is 6.26. The molecule has 134 valence electrons. The topological polar surface area (TPSA) is 50.8 Å². The second kappa shape index (κ2) is 9.52. The molecule has 5 nitrogen and oxygen atoms in total. The summed E-state index contributed by atoms with van der Waals surface area (Å²) in [4.78, 5) is 14.7. The molecule has 1 aromatic rings. The largest absolute Gasteiger partial charge is 0.490 e. The first-order valence-electron chi connectivity index (χ1n) is 9.04. The first-order chi connectivity index (χ1) is 11.7. The molecular formula is C19H30N2O3. The first kappa shape index (κ1) is 18.6. The van der Waals surface area contributed by atoms with Crippen LogP contribution in [0.3, 0.4) is 0 Å². The van der Waals surface area contributed by atoms with Gasteiger partial charge in [0.25, 0.3) is 5.91 Å². The maximum atomic E-state index is 12.8. The normalized spacial score (nSPS) is 15.1. The van der Waals surface area contributed by atoms with Crippen LogP contribution < -0.4 is 14.8 Å². The fourth-order valence-corrected chi connectivity index (χ4v) is 2.86. The second-order valence-corrected chi connectivity index (χ2v) is 6.26. The third-order valence-corrected chi connectivity index (χ3v) is 4.29. The van der Waals surface area contributed by atoms with Gasteiger partial charge >= 0.3 is 0 Å². The molecule has 1 amide bonds. The molecule has 1 aromatic carbocycles. The molecule has 1 aliphatic heterocycles. The maximum absolute atomic E-state index is 12.8. The third kappa shape index (κ3) is 4.87. The Kier molecular flexibility index (Phi) is 7.37. The third-order valence-electron chi connectivity index (χ3n) is 4.29. The van der Waals surface area contributed by atoms with Gasteiger partial charge in [-0.05, 0) is 57.0 Å². The van der Waals surface area contributed by atoms with E-state index in [4.69, 9.17) is 9.47 Å². The quantitative estimate of drug-likeness (QED) is 0.794. The van der Waals surface area contributed by atoms with Gasteiger partial charge < -0.3 is 19.7 Å². The molecule has 1 aliphatic rings. The van der Waals surface area contributed by atoms with Crippen LogP contribution in [-0.2, 0) is 0 Å². The van der Waals surface area contributed by atoms with Crippen LogP contribution in [0.1, 0.15) is 49.9 Å². The Balaban J connectivity index is 2.14. The number of carbonyl (C=O) groups is 1. The lowest BCUT2D eigenvalue weighted by atomic mass is 10.0. The Morgan fingerprint density at radius 1 is 1.12 bits per heavy atom. The van der Waals surface area contributed by atoms with E-state index in [0.717, 1.165) is 38.8 Å². The highest BCUT2D eigenvalue weighted by Crippen LogP contribution is 2.29. The summed E-state index contributed by atoms with van der Waals surface area (Å²) >= 11 is 0. The van der Waals surface area contributed by atoms with Crippen molar-refractivity contribution in [1.82, 2.24) is 10.2 Å². The average Bonchev–Trinajstić information content (AvgIpc) is 2.64. The smallest absolute Gasteiger partial charge is 0.253 e. The van der Waals surface area contributed by atoms with Crippen molar-refractivity contribution in [3.8, 4) is 11.5 Å². The van der Waals surface area contributed by atoms with Gasteiger partial charge in [-0.3, -0.25) is 4.79 Å². The van der Waals surface area contributed by atoms with Crippen molar-refractivity contribution in [3.05, 3.63) is 23.8 Å². The highest BCUT2D eigenvalue weighted by Gasteiger charge is 2.23.